The topological polar surface area (TPSA) is 84.7 Å². The van der Waals surface area contributed by atoms with Crippen LogP contribution in [0.4, 0.5) is 10.1 Å². The van der Waals surface area contributed by atoms with Gasteiger partial charge in [-0.2, -0.15) is 0 Å². The maximum atomic E-state index is 14.0. The Morgan fingerprint density at radius 1 is 1.24 bits per heavy atom. The lowest BCUT2D eigenvalue weighted by Gasteiger charge is -2.37. The lowest BCUT2D eigenvalue weighted by Crippen LogP contribution is -2.47. The standard InChI is InChI=1S/C21H21ClFN3O3/c22-14-2-3-17-15(12-14)21(20(28)25-17)5-7-26(8-6-21)9-10-29-18-4-1-13(19(24)27)11-16(18)23/h1-4,11-12H,5-10H2,(H2,24,27)(H,25,28). The van der Waals surface area contributed by atoms with Crippen LogP contribution in [0.25, 0.3) is 0 Å². The van der Waals surface area contributed by atoms with Crippen LogP contribution in [0.15, 0.2) is 36.4 Å². The molecule has 152 valence electrons. The van der Waals surface area contributed by atoms with Gasteiger partial charge in [0.2, 0.25) is 11.8 Å². The SMILES string of the molecule is NC(=O)c1ccc(OCCN2CCC3(CC2)C(=O)Nc2ccc(Cl)cc23)c(F)c1. The normalized spacial score (nSPS) is 17.8. The minimum absolute atomic E-state index is 0.0299. The van der Waals surface area contributed by atoms with Gasteiger partial charge in [0.25, 0.3) is 0 Å². The summed E-state index contributed by atoms with van der Waals surface area (Å²) in [7, 11) is 0. The summed E-state index contributed by atoms with van der Waals surface area (Å²) in [5.74, 6) is -1.18. The van der Waals surface area contributed by atoms with E-state index in [-0.39, 0.29) is 17.2 Å². The van der Waals surface area contributed by atoms with E-state index in [1.54, 1.807) is 6.07 Å². The second-order valence-corrected chi connectivity index (χ2v) is 7.86. The van der Waals surface area contributed by atoms with Crippen LogP contribution < -0.4 is 15.8 Å². The number of nitrogens with one attached hydrogen (secondary N) is 1. The Kier molecular flexibility index (Phi) is 5.19. The molecule has 0 bridgehead atoms. The van der Waals surface area contributed by atoms with Crippen LogP contribution >= 0.6 is 11.6 Å². The van der Waals surface area contributed by atoms with Gasteiger partial charge in [0.1, 0.15) is 6.61 Å². The van der Waals surface area contributed by atoms with Crippen LogP contribution in [0, 0.1) is 5.82 Å². The molecule has 2 aliphatic heterocycles. The average Bonchev–Trinajstić information content (AvgIpc) is 2.95. The second kappa shape index (κ2) is 7.65. The van der Waals surface area contributed by atoms with Crippen molar-refractivity contribution in [3.63, 3.8) is 0 Å². The molecule has 1 spiro atoms. The first kappa shape index (κ1) is 19.7. The van der Waals surface area contributed by atoms with E-state index < -0.39 is 17.1 Å². The van der Waals surface area contributed by atoms with Gasteiger partial charge in [-0.3, -0.25) is 14.5 Å². The molecule has 0 atom stereocenters. The Labute approximate surface area is 172 Å². The van der Waals surface area contributed by atoms with Gasteiger partial charge >= 0.3 is 0 Å². The molecule has 2 heterocycles. The lowest BCUT2D eigenvalue weighted by molar-refractivity contribution is -0.122. The Hall–Kier alpha value is -2.64. The molecule has 4 rings (SSSR count). The molecule has 2 aliphatic rings. The van der Waals surface area contributed by atoms with Crippen LogP contribution in [-0.4, -0.2) is 43.0 Å². The number of hydrogen-bond acceptors (Lipinski definition) is 4. The van der Waals surface area contributed by atoms with Gasteiger partial charge < -0.3 is 15.8 Å². The van der Waals surface area contributed by atoms with E-state index in [0.717, 1.165) is 30.4 Å². The number of likely N-dealkylation sites (tertiary alicyclic amines) is 1. The van der Waals surface area contributed by atoms with Crippen molar-refractivity contribution in [1.29, 1.82) is 0 Å². The fourth-order valence-electron chi connectivity index (χ4n) is 4.10. The molecule has 29 heavy (non-hydrogen) atoms. The highest BCUT2D eigenvalue weighted by atomic mass is 35.5. The average molecular weight is 418 g/mol. The number of nitrogens with two attached hydrogens (primary N) is 1. The van der Waals surface area contributed by atoms with E-state index >= 15 is 0 Å². The zero-order valence-corrected chi connectivity index (χ0v) is 16.5. The van der Waals surface area contributed by atoms with E-state index in [2.05, 4.69) is 10.2 Å². The minimum Gasteiger partial charge on any atom is -0.489 e. The fourth-order valence-corrected chi connectivity index (χ4v) is 4.27. The number of halogens is 2. The van der Waals surface area contributed by atoms with Gasteiger partial charge in [-0.15, -0.1) is 0 Å². The summed E-state index contributed by atoms with van der Waals surface area (Å²) in [5.41, 5.74) is 6.52. The molecule has 2 aromatic rings. The molecular formula is C21H21ClFN3O3. The number of primary amides is 1. The maximum absolute atomic E-state index is 14.0. The van der Waals surface area contributed by atoms with Crippen LogP contribution in [0.5, 0.6) is 5.75 Å². The summed E-state index contributed by atoms with van der Waals surface area (Å²) in [6.45, 7) is 2.36. The number of piperidine rings is 1. The first-order valence-electron chi connectivity index (χ1n) is 9.45. The first-order valence-corrected chi connectivity index (χ1v) is 9.83. The molecule has 1 fully saturated rings. The third-order valence-electron chi connectivity index (χ3n) is 5.77. The predicted octanol–water partition coefficient (Wildman–Crippen LogP) is 2.94. The number of nitrogens with zero attached hydrogens (tertiary/aromatic N) is 1. The van der Waals surface area contributed by atoms with E-state index in [9.17, 15) is 14.0 Å². The van der Waals surface area contributed by atoms with Crippen LogP contribution in [-0.2, 0) is 10.2 Å². The van der Waals surface area contributed by atoms with E-state index in [4.69, 9.17) is 22.1 Å². The molecule has 8 heteroatoms. The molecular weight excluding hydrogens is 397 g/mol. The molecule has 0 radical (unpaired) electrons. The molecule has 6 nitrogen and oxygen atoms in total. The molecule has 0 aliphatic carbocycles. The summed E-state index contributed by atoms with van der Waals surface area (Å²) in [5, 5.41) is 3.59. The highest BCUT2D eigenvalue weighted by Crippen LogP contribution is 2.45. The number of carbonyl (C=O) groups is 2. The number of rotatable bonds is 5. The van der Waals surface area contributed by atoms with Crippen molar-refractivity contribution in [2.45, 2.75) is 18.3 Å². The Bertz CT molecular complexity index is 974. The van der Waals surface area contributed by atoms with Gasteiger partial charge in [0.15, 0.2) is 11.6 Å². The summed E-state index contributed by atoms with van der Waals surface area (Å²) in [4.78, 5) is 25.9. The van der Waals surface area contributed by atoms with Crippen LogP contribution in [0.2, 0.25) is 5.02 Å². The van der Waals surface area contributed by atoms with Crippen molar-refractivity contribution in [2.24, 2.45) is 5.73 Å². The molecule has 3 N–H and O–H groups in total. The number of ether oxygens (including phenoxy) is 1. The van der Waals surface area contributed by atoms with Gasteiger partial charge in [0, 0.05) is 22.8 Å². The summed E-state index contributed by atoms with van der Waals surface area (Å²) < 4.78 is 19.5. The van der Waals surface area contributed by atoms with Crippen molar-refractivity contribution in [3.8, 4) is 5.75 Å². The second-order valence-electron chi connectivity index (χ2n) is 7.43. The number of fused-ring (bicyclic) bond motifs is 2. The fraction of sp³-hybridized carbons (Fsp3) is 0.333. The third kappa shape index (κ3) is 3.68. The third-order valence-corrected chi connectivity index (χ3v) is 6.01. The maximum Gasteiger partial charge on any atom is 0.248 e. The summed E-state index contributed by atoms with van der Waals surface area (Å²) >= 11 is 6.15. The molecule has 1 saturated heterocycles. The Morgan fingerprint density at radius 3 is 2.69 bits per heavy atom. The monoisotopic (exact) mass is 417 g/mol. The molecule has 2 aromatic carbocycles. The highest BCUT2D eigenvalue weighted by molar-refractivity contribution is 6.31. The largest absolute Gasteiger partial charge is 0.489 e. The lowest BCUT2D eigenvalue weighted by atomic mass is 9.73. The van der Waals surface area contributed by atoms with Gasteiger partial charge in [0.05, 0.1) is 5.41 Å². The van der Waals surface area contributed by atoms with E-state index in [0.29, 0.717) is 31.0 Å². The quantitative estimate of drug-likeness (QED) is 0.783. The van der Waals surface area contributed by atoms with Crippen molar-refractivity contribution in [1.82, 2.24) is 4.90 Å². The zero-order valence-electron chi connectivity index (χ0n) is 15.7. The smallest absolute Gasteiger partial charge is 0.248 e. The predicted molar refractivity (Wildman–Crippen MR) is 108 cm³/mol. The van der Waals surface area contributed by atoms with Crippen LogP contribution in [0.3, 0.4) is 0 Å². The van der Waals surface area contributed by atoms with Gasteiger partial charge in [-0.05, 0) is 67.9 Å². The van der Waals surface area contributed by atoms with Crippen LogP contribution in [0.1, 0.15) is 28.8 Å². The van der Waals surface area contributed by atoms with Crippen molar-refractivity contribution >= 4 is 29.1 Å². The van der Waals surface area contributed by atoms with Gasteiger partial charge in [-0.1, -0.05) is 11.6 Å². The summed E-state index contributed by atoms with van der Waals surface area (Å²) in [6.07, 6.45) is 1.38. The zero-order chi connectivity index (χ0) is 20.6. The Balaban J connectivity index is 1.34. The summed E-state index contributed by atoms with van der Waals surface area (Å²) in [6, 6.07) is 9.43. The number of anilines is 1. The molecule has 0 aromatic heterocycles. The van der Waals surface area contributed by atoms with Crippen molar-refractivity contribution < 1.29 is 18.7 Å². The first-order chi connectivity index (χ1) is 13.9. The molecule has 0 unspecified atom stereocenters. The number of carbonyl (C=O) groups excluding carboxylic acids is 2. The number of benzene rings is 2. The van der Waals surface area contributed by atoms with Crippen molar-refractivity contribution in [2.75, 3.05) is 31.6 Å². The van der Waals surface area contributed by atoms with E-state index in [1.165, 1.54) is 12.1 Å². The molecule has 0 saturated carbocycles. The van der Waals surface area contributed by atoms with Gasteiger partial charge in [-0.25, -0.2) is 4.39 Å². The number of amides is 2. The molecule has 2 amide bonds. The minimum atomic E-state index is -0.684. The van der Waals surface area contributed by atoms with E-state index in [1.807, 2.05) is 12.1 Å². The Morgan fingerprint density at radius 2 is 2.00 bits per heavy atom. The number of hydrogen-bond donors (Lipinski definition) is 2. The van der Waals surface area contributed by atoms with Crippen molar-refractivity contribution in [3.05, 3.63) is 58.4 Å². The highest BCUT2D eigenvalue weighted by Gasteiger charge is 2.48.